The Kier molecular flexibility index (Phi) is 3.38. The van der Waals surface area contributed by atoms with Gasteiger partial charge >= 0.3 is 0 Å². The first kappa shape index (κ1) is 11.7. The molecule has 1 aromatic heterocycles. The third-order valence-corrected chi connectivity index (χ3v) is 4.01. The van der Waals surface area contributed by atoms with E-state index in [9.17, 15) is 4.79 Å². The molecule has 1 aliphatic rings. The molecule has 0 aliphatic heterocycles. The Bertz CT molecular complexity index is 377. The molecule has 0 bridgehead atoms. The van der Waals surface area contributed by atoms with Crippen molar-refractivity contribution >= 4 is 21.8 Å². The molecule has 0 saturated heterocycles. The summed E-state index contributed by atoms with van der Waals surface area (Å²) in [5.74, 6) is 0.253. The van der Waals surface area contributed by atoms with Crippen LogP contribution in [0, 0.1) is 5.41 Å². The molecular formula is C12H16BrNO2. The quantitative estimate of drug-likeness (QED) is 0.922. The van der Waals surface area contributed by atoms with Crippen LogP contribution in [0.25, 0.3) is 0 Å². The number of carbonyl (C=O) groups excluding carboxylic acids is 1. The van der Waals surface area contributed by atoms with Gasteiger partial charge in [-0.1, -0.05) is 13.3 Å². The first-order chi connectivity index (χ1) is 7.65. The Hall–Kier alpha value is -0.770. The van der Waals surface area contributed by atoms with Crippen LogP contribution in [0.15, 0.2) is 21.2 Å². The van der Waals surface area contributed by atoms with E-state index in [0.29, 0.717) is 15.8 Å². The smallest absolute Gasteiger partial charge is 0.287 e. The van der Waals surface area contributed by atoms with Crippen molar-refractivity contribution in [1.29, 1.82) is 0 Å². The molecule has 1 aliphatic carbocycles. The van der Waals surface area contributed by atoms with Crippen molar-refractivity contribution in [2.45, 2.75) is 32.6 Å². The van der Waals surface area contributed by atoms with Crippen LogP contribution >= 0.6 is 15.9 Å². The van der Waals surface area contributed by atoms with Crippen molar-refractivity contribution < 1.29 is 9.21 Å². The highest BCUT2D eigenvalue weighted by molar-refractivity contribution is 9.10. The molecule has 1 aromatic rings. The zero-order valence-electron chi connectivity index (χ0n) is 9.38. The van der Waals surface area contributed by atoms with Crippen molar-refractivity contribution in [3.8, 4) is 0 Å². The van der Waals surface area contributed by atoms with Gasteiger partial charge in [-0.2, -0.15) is 0 Å². The van der Waals surface area contributed by atoms with Gasteiger partial charge in [-0.25, -0.2) is 0 Å². The summed E-state index contributed by atoms with van der Waals surface area (Å²) < 4.78 is 5.79. The Labute approximate surface area is 104 Å². The minimum absolute atomic E-state index is 0.120. The van der Waals surface area contributed by atoms with Gasteiger partial charge in [0, 0.05) is 6.54 Å². The van der Waals surface area contributed by atoms with Gasteiger partial charge in [-0.05, 0) is 52.7 Å². The molecule has 0 aromatic carbocycles. The first-order valence-corrected chi connectivity index (χ1v) is 6.48. The lowest BCUT2D eigenvalue weighted by molar-refractivity contribution is 0.0824. The largest absolute Gasteiger partial charge is 0.444 e. The summed E-state index contributed by atoms with van der Waals surface area (Å²) in [6, 6.07) is 3.41. The third-order valence-electron chi connectivity index (χ3n) is 3.59. The van der Waals surface area contributed by atoms with Crippen LogP contribution in [0.3, 0.4) is 0 Å². The summed E-state index contributed by atoms with van der Waals surface area (Å²) in [6.07, 6.45) is 4.88. The van der Waals surface area contributed by atoms with Crippen molar-refractivity contribution in [2.24, 2.45) is 5.41 Å². The van der Waals surface area contributed by atoms with E-state index in [2.05, 4.69) is 28.2 Å². The van der Waals surface area contributed by atoms with Gasteiger partial charge < -0.3 is 9.73 Å². The average Bonchev–Trinajstić information content (AvgIpc) is 2.64. The predicted octanol–water partition coefficient (Wildman–Crippen LogP) is 3.35. The Morgan fingerprint density at radius 1 is 1.56 bits per heavy atom. The minimum atomic E-state index is -0.120. The normalized spacial score (nSPS) is 17.9. The SMILES string of the molecule is CCC1(CNC(=O)c2ccc(Br)o2)CCC1. The van der Waals surface area contributed by atoms with E-state index in [4.69, 9.17) is 4.42 Å². The van der Waals surface area contributed by atoms with E-state index in [1.54, 1.807) is 12.1 Å². The lowest BCUT2D eigenvalue weighted by atomic mass is 9.67. The van der Waals surface area contributed by atoms with Crippen molar-refractivity contribution in [3.63, 3.8) is 0 Å². The number of furan rings is 1. The maximum atomic E-state index is 11.7. The minimum Gasteiger partial charge on any atom is -0.444 e. The Morgan fingerprint density at radius 3 is 2.75 bits per heavy atom. The van der Waals surface area contributed by atoms with E-state index >= 15 is 0 Å². The molecule has 1 N–H and O–H groups in total. The summed E-state index contributed by atoms with van der Waals surface area (Å²) in [6.45, 7) is 2.95. The average molecular weight is 286 g/mol. The van der Waals surface area contributed by atoms with Gasteiger partial charge in [-0.3, -0.25) is 4.79 Å². The van der Waals surface area contributed by atoms with Gasteiger partial charge in [0.05, 0.1) is 0 Å². The van der Waals surface area contributed by atoms with Gasteiger partial charge in [-0.15, -0.1) is 0 Å². The standard InChI is InChI=1S/C12H16BrNO2/c1-2-12(6-3-7-12)8-14-11(15)9-4-5-10(13)16-9/h4-5H,2-3,6-8H2,1H3,(H,14,15). The molecule has 2 rings (SSSR count). The molecule has 1 heterocycles. The summed E-state index contributed by atoms with van der Waals surface area (Å²) in [4.78, 5) is 11.7. The number of rotatable bonds is 4. The topological polar surface area (TPSA) is 42.2 Å². The van der Waals surface area contributed by atoms with Crippen LogP contribution in [-0.2, 0) is 0 Å². The monoisotopic (exact) mass is 285 g/mol. The lowest BCUT2D eigenvalue weighted by Crippen LogP contribution is -2.41. The van der Waals surface area contributed by atoms with Crippen molar-refractivity contribution in [1.82, 2.24) is 5.32 Å². The van der Waals surface area contributed by atoms with Gasteiger partial charge in [0.2, 0.25) is 0 Å². The first-order valence-electron chi connectivity index (χ1n) is 5.69. The van der Waals surface area contributed by atoms with Crippen LogP contribution in [-0.4, -0.2) is 12.5 Å². The molecule has 1 amide bonds. The molecule has 0 atom stereocenters. The maximum absolute atomic E-state index is 11.7. The number of carbonyl (C=O) groups is 1. The van der Waals surface area contributed by atoms with Gasteiger partial charge in [0.25, 0.3) is 5.91 Å². The van der Waals surface area contributed by atoms with Gasteiger partial charge in [0.15, 0.2) is 10.4 Å². The zero-order valence-corrected chi connectivity index (χ0v) is 11.0. The van der Waals surface area contributed by atoms with Gasteiger partial charge in [0.1, 0.15) is 0 Å². The van der Waals surface area contributed by atoms with Crippen LogP contribution in [0.5, 0.6) is 0 Å². The summed E-state index contributed by atoms with van der Waals surface area (Å²) >= 11 is 3.18. The highest BCUT2D eigenvalue weighted by Crippen LogP contribution is 2.43. The van der Waals surface area contributed by atoms with E-state index in [0.717, 1.165) is 13.0 Å². The molecule has 1 fully saturated rings. The number of hydrogen-bond donors (Lipinski definition) is 1. The molecule has 0 radical (unpaired) electrons. The number of amides is 1. The molecule has 0 spiro atoms. The van der Waals surface area contributed by atoms with Crippen LogP contribution < -0.4 is 5.32 Å². The maximum Gasteiger partial charge on any atom is 0.287 e. The zero-order chi connectivity index (χ0) is 11.6. The molecule has 16 heavy (non-hydrogen) atoms. The fourth-order valence-electron chi connectivity index (χ4n) is 2.12. The number of halogens is 1. The summed E-state index contributed by atoms with van der Waals surface area (Å²) in [7, 11) is 0. The second-order valence-electron chi connectivity index (χ2n) is 4.49. The van der Waals surface area contributed by atoms with Crippen molar-refractivity contribution in [3.05, 3.63) is 22.6 Å². The molecule has 0 unspecified atom stereocenters. The lowest BCUT2D eigenvalue weighted by Gasteiger charge is -2.41. The van der Waals surface area contributed by atoms with Crippen LogP contribution in [0.2, 0.25) is 0 Å². The van der Waals surface area contributed by atoms with Crippen LogP contribution in [0.4, 0.5) is 0 Å². The highest BCUT2D eigenvalue weighted by atomic mass is 79.9. The third kappa shape index (κ3) is 2.32. The second kappa shape index (κ2) is 4.62. The second-order valence-corrected chi connectivity index (χ2v) is 5.28. The molecule has 4 heteroatoms. The predicted molar refractivity (Wildman–Crippen MR) is 65.3 cm³/mol. The van der Waals surface area contributed by atoms with Crippen molar-refractivity contribution in [2.75, 3.05) is 6.54 Å². The fraction of sp³-hybridized carbons (Fsp3) is 0.583. The number of hydrogen-bond acceptors (Lipinski definition) is 2. The summed E-state index contributed by atoms with van der Waals surface area (Å²) in [5, 5.41) is 2.95. The van der Waals surface area contributed by atoms with Crippen LogP contribution in [0.1, 0.15) is 43.2 Å². The highest BCUT2D eigenvalue weighted by Gasteiger charge is 2.35. The van der Waals surface area contributed by atoms with E-state index in [1.165, 1.54) is 19.3 Å². The molecular weight excluding hydrogens is 270 g/mol. The van der Waals surface area contributed by atoms with E-state index in [1.807, 2.05) is 0 Å². The number of nitrogens with one attached hydrogen (secondary N) is 1. The summed E-state index contributed by atoms with van der Waals surface area (Å²) in [5.41, 5.74) is 0.347. The molecule has 1 saturated carbocycles. The Balaban J connectivity index is 1.88. The molecule has 3 nitrogen and oxygen atoms in total. The van der Waals surface area contributed by atoms with E-state index in [-0.39, 0.29) is 5.91 Å². The fourth-order valence-corrected chi connectivity index (χ4v) is 2.43. The molecule has 88 valence electrons. The van der Waals surface area contributed by atoms with E-state index < -0.39 is 0 Å². The Morgan fingerprint density at radius 2 is 2.31 bits per heavy atom.